The van der Waals surface area contributed by atoms with Crippen LogP contribution < -0.4 is 10.6 Å². The van der Waals surface area contributed by atoms with Crippen molar-refractivity contribution in [3.63, 3.8) is 0 Å². The van der Waals surface area contributed by atoms with Crippen LogP contribution in [0.2, 0.25) is 0 Å². The predicted molar refractivity (Wildman–Crippen MR) is 137 cm³/mol. The minimum atomic E-state index is -0.161. The normalized spacial score (nSPS) is 17.4. The van der Waals surface area contributed by atoms with Crippen LogP contribution in [0.4, 0.5) is 11.6 Å². The number of hydrogen-bond acceptors (Lipinski definition) is 10. The first-order chi connectivity index (χ1) is 17.6. The predicted octanol–water partition coefficient (Wildman–Crippen LogP) is 3.98. The highest BCUT2D eigenvalue weighted by atomic mass is 32.1. The van der Waals surface area contributed by atoms with E-state index < -0.39 is 0 Å². The molecular formula is C24H24N8O2S2. The topological polar surface area (TPSA) is 136 Å². The van der Waals surface area contributed by atoms with E-state index in [-0.39, 0.29) is 36.5 Å². The summed E-state index contributed by atoms with van der Waals surface area (Å²) < 4.78 is 0. The van der Waals surface area contributed by atoms with Crippen molar-refractivity contribution >= 4 is 46.1 Å². The Hall–Kier alpha value is -3.64. The van der Waals surface area contributed by atoms with E-state index >= 15 is 0 Å². The van der Waals surface area contributed by atoms with Crippen molar-refractivity contribution in [2.75, 3.05) is 10.6 Å². The lowest BCUT2D eigenvalue weighted by molar-refractivity contribution is -0.116. The van der Waals surface area contributed by atoms with Gasteiger partial charge in [0.05, 0.1) is 24.2 Å². The number of nitrogens with one attached hydrogen (secondary N) is 2. The largest absolute Gasteiger partial charge is 0.309 e. The van der Waals surface area contributed by atoms with Crippen molar-refractivity contribution in [2.45, 2.75) is 50.4 Å². The first kappa shape index (κ1) is 24.1. The summed E-state index contributed by atoms with van der Waals surface area (Å²) in [7, 11) is 0. The number of nitrogens with zero attached hydrogens (tertiary/aromatic N) is 6. The molecule has 4 heterocycles. The Labute approximate surface area is 215 Å². The van der Waals surface area contributed by atoms with Crippen LogP contribution in [-0.4, -0.2) is 42.2 Å². The van der Waals surface area contributed by atoms with E-state index in [0.717, 1.165) is 47.1 Å². The second-order valence-corrected chi connectivity index (χ2v) is 10.5. The van der Waals surface area contributed by atoms with Gasteiger partial charge in [-0.2, -0.15) is 10.2 Å². The summed E-state index contributed by atoms with van der Waals surface area (Å²) in [5.41, 5.74) is 1.83. The van der Waals surface area contributed by atoms with Crippen molar-refractivity contribution in [1.29, 1.82) is 0 Å². The number of carbonyl (C=O) groups is 2. The van der Waals surface area contributed by atoms with E-state index in [2.05, 4.69) is 41.0 Å². The molecule has 0 aliphatic heterocycles. The molecule has 0 spiro atoms. The lowest BCUT2D eigenvalue weighted by Crippen LogP contribution is -2.18. The second-order valence-electron chi connectivity index (χ2n) is 8.55. The molecule has 36 heavy (non-hydrogen) atoms. The summed E-state index contributed by atoms with van der Waals surface area (Å²) in [4.78, 5) is 32.6. The highest BCUT2D eigenvalue weighted by Crippen LogP contribution is 2.40. The molecule has 0 aromatic carbocycles. The van der Waals surface area contributed by atoms with E-state index in [1.165, 1.54) is 22.7 Å². The van der Waals surface area contributed by atoms with E-state index in [0.29, 0.717) is 11.6 Å². The number of carbonyl (C=O) groups excluding carboxylic acids is 2. The number of anilines is 2. The van der Waals surface area contributed by atoms with Gasteiger partial charge in [-0.15, -0.1) is 32.9 Å². The molecule has 2 amide bonds. The zero-order valence-electron chi connectivity index (χ0n) is 19.3. The highest BCUT2D eigenvalue weighted by molar-refractivity contribution is 7.09. The quantitative estimate of drug-likeness (QED) is 0.356. The molecule has 2 N–H and O–H groups in total. The van der Waals surface area contributed by atoms with E-state index in [9.17, 15) is 9.59 Å². The van der Waals surface area contributed by atoms with Crippen molar-refractivity contribution < 1.29 is 9.59 Å². The summed E-state index contributed by atoms with van der Waals surface area (Å²) in [5.74, 6) is 1.07. The third kappa shape index (κ3) is 6.32. The Kier molecular flexibility index (Phi) is 7.62. The van der Waals surface area contributed by atoms with Gasteiger partial charge in [0.1, 0.15) is 10.0 Å². The van der Waals surface area contributed by atoms with Crippen LogP contribution in [0.5, 0.6) is 0 Å². The lowest BCUT2D eigenvalue weighted by atomic mass is 9.78. The van der Waals surface area contributed by atoms with Crippen molar-refractivity contribution in [3.8, 4) is 0 Å². The van der Waals surface area contributed by atoms with Crippen LogP contribution in [0, 0.1) is 0 Å². The Morgan fingerprint density at radius 1 is 0.750 bits per heavy atom. The molecule has 0 unspecified atom stereocenters. The second kappa shape index (κ2) is 11.4. The minimum Gasteiger partial charge on any atom is -0.309 e. The molecule has 4 aromatic rings. The molecule has 0 bridgehead atoms. The maximum Gasteiger partial charge on any atom is 0.232 e. The van der Waals surface area contributed by atoms with Gasteiger partial charge in [-0.25, -0.2) is 9.97 Å². The minimum absolute atomic E-state index is 0.161. The van der Waals surface area contributed by atoms with Gasteiger partial charge in [0.25, 0.3) is 0 Å². The van der Waals surface area contributed by atoms with Crippen LogP contribution in [0.3, 0.4) is 0 Å². The van der Waals surface area contributed by atoms with Crippen LogP contribution in [0.25, 0.3) is 0 Å². The summed E-state index contributed by atoms with van der Waals surface area (Å²) in [6, 6.07) is 7.47. The van der Waals surface area contributed by atoms with Crippen molar-refractivity contribution in [2.24, 2.45) is 0 Å². The molecule has 0 saturated heterocycles. The maximum atomic E-state index is 12.2. The average Bonchev–Trinajstić information content (AvgIpc) is 3.59. The number of aromatic nitrogens is 6. The standard InChI is InChI=1S/C24H24N8O2S2/c33-21(13-23-25-8-10-35-23)27-19-6-4-17(29-31-19)15-2-1-3-16(12-15)18-5-7-20(32-30-18)28-22(34)14-24-26-9-11-36-24/h4-11,15-16H,1-3,12-14H2,(H,27,31,33)(H,28,32,34)/t15-,16-/m0/s1. The molecule has 1 aliphatic carbocycles. The third-order valence-electron chi connectivity index (χ3n) is 6.01. The molecule has 0 radical (unpaired) electrons. The molecule has 12 heteroatoms. The van der Waals surface area contributed by atoms with Crippen LogP contribution in [0.15, 0.2) is 47.4 Å². The van der Waals surface area contributed by atoms with Gasteiger partial charge in [-0.3, -0.25) is 9.59 Å². The average molecular weight is 521 g/mol. The van der Waals surface area contributed by atoms with Gasteiger partial charge in [-0.05, 0) is 43.5 Å². The van der Waals surface area contributed by atoms with Crippen LogP contribution in [-0.2, 0) is 22.4 Å². The van der Waals surface area contributed by atoms with Crippen molar-refractivity contribution in [3.05, 3.63) is 68.8 Å². The van der Waals surface area contributed by atoms with E-state index in [1.807, 2.05) is 22.9 Å². The Morgan fingerprint density at radius 3 is 1.64 bits per heavy atom. The fourth-order valence-corrected chi connectivity index (χ4v) is 5.54. The van der Waals surface area contributed by atoms with Gasteiger partial charge in [0.2, 0.25) is 11.8 Å². The monoisotopic (exact) mass is 520 g/mol. The molecule has 1 fully saturated rings. The number of amides is 2. The molecule has 5 rings (SSSR count). The molecule has 1 saturated carbocycles. The molecule has 184 valence electrons. The fourth-order valence-electron chi connectivity index (χ4n) is 4.31. The Morgan fingerprint density at radius 2 is 1.25 bits per heavy atom. The smallest absolute Gasteiger partial charge is 0.232 e. The zero-order chi connectivity index (χ0) is 24.7. The van der Waals surface area contributed by atoms with Gasteiger partial charge in [0.15, 0.2) is 11.6 Å². The summed E-state index contributed by atoms with van der Waals surface area (Å²) in [5, 5.41) is 28.0. The van der Waals surface area contributed by atoms with E-state index in [4.69, 9.17) is 0 Å². The number of rotatable bonds is 8. The molecule has 2 atom stereocenters. The van der Waals surface area contributed by atoms with Gasteiger partial charge >= 0.3 is 0 Å². The maximum absolute atomic E-state index is 12.2. The van der Waals surface area contributed by atoms with Crippen LogP contribution in [0.1, 0.15) is 58.9 Å². The lowest BCUT2D eigenvalue weighted by Gasteiger charge is -2.28. The number of hydrogen-bond donors (Lipinski definition) is 2. The number of thiazole rings is 2. The molecule has 10 nitrogen and oxygen atoms in total. The highest BCUT2D eigenvalue weighted by Gasteiger charge is 2.27. The Bertz CT molecular complexity index is 1180. The van der Waals surface area contributed by atoms with Gasteiger partial charge in [0, 0.05) is 35.0 Å². The first-order valence-electron chi connectivity index (χ1n) is 11.7. The third-order valence-corrected chi connectivity index (χ3v) is 7.57. The molecule has 4 aromatic heterocycles. The SMILES string of the molecule is O=C(Cc1nccs1)Nc1ccc([C@H]2CCC[C@H](c3ccc(NC(=O)Cc4nccs4)nn3)C2)nn1. The van der Waals surface area contributed by atoms with Gasteiger partial charge < -0.3 is 10.6 Å². The zero-order valence-corrected chi connectivity index (χ0v) is 21.0. The Balaban J connectivity index is 1.15. The summed E-state index contributed by atoms with van der Waals surface area (Å²) in [6.45, 7) is 0. The molecular weight excluding hydrogens is 496 g/mol. The van der Waals surface area contributed by atoms with Crippen LogP contribution >= 0.6 is 22.7 Å². The summed E-state index contributed by atoms with van der Waals surface area (Å²) in [6.07, 6.45) is 7.82. The molecule has 1 aliphatic rings. The summed E-state index contributed by atoms with van der Waals surface area (Å²) >= 11 is 2.89. The fraction of sp³-hybridized carbons (Fsp3) is 0.333. The first-order valence-corrected chi connectivity index (χ1v) is 13.4. The van der Waals surface area contributed by atoms with E-state index in [1.54, 1.807) is 24.5 Å². The van der Waals surface area contributed by atoms with Gasteiger partial charge in [-0.1, -0.05) is 6.42 Å². The van der Waals surface area contributed by atoms with Crippen molar-refractivity contribution in [1.82, 2.24) is 30.4 Å².